The summed E-state index contributed by atoms with van der Waals surface area (Å²) in [6, 6.07) is 0. The van der Waals surface area contributed by atoms with Gasteiger partial charge in [-0.15, -0.1) is 5.10 Å². The van der Waals surface area contributed by atoms with E-state index < -0.39 is 88.8 Å². The summed E-state index contributed by atoms with van der Waals surface area (Å²) in [7, 11) is 1.43. The summed E-state index contributed by atoms with van der Waals surface area (Å²) in [6.07, 6.45) is 4.58. The number of phenolic OH excluding ortho intramolecular Hbond substituents is 3. The molecule has 3 heterocycles. The number of nitrogens with one attached hydrogen (secondary N) is 1. The van der Waals surface area contributed by atoms with Crippen LogP contribution in [-0.2, 0) is 23.8 Å². The third kappa shape index (κ3) is 9.30. The monoisotopic (exact) mass is 836 g/mol. The van der Waals surface area contributed by atoms with Crippen LogP contribution >= 0.6 is 0 Å². The highest BCUT2D eigenvalue weighted by Crippen LogP contribution is 2.55. The van der Waals surface area contributed by atoms with Crippen molar-refractivity contribution in [2.24, 2.45) is 33.9 Å². The van der Waals surface area contributed by atoms with Gasteiger partial charge in [0.2, 0.25) is 0 Å². The van der Waals surface area contributed by atoms with Crippen LogP contribution in [0.2, 0.25) is 0 Å². The van der Waals surface area contributed by atoms with Crippen molar-refractivity contribution in [1.29, 1.82) is 0 Å². The van der Waals surface area contributed by atoms with Crippen molar-refractivity contribution < 1.29 is 58.9 Å². The third-order valence-corrected chi connectivity index (χ3v) is 11.6. The number of amides is 1. The summed E-state index contributed by atoms with van der Waals surface area (Å²) in [5, 5.41) is 68.7. The van der Waals surface area contributed by atoms with Gasteiger partial charge in [0, 0.05) is 74.2 Å². The molecule has 2 aromatic carbocycles. The number of allylic oxidation sites excluding steroid dienone is 2. The van der Waals surface area contributed by atoms with Gasteiger partial charge in [-0.05, 0) is 40.7 Å². The van der Waals surface area contributed by atoms with Gasteiger partial charge in [0.1, 0.15) is 29.2 Å². The van der Waals surface area contributed by atoms with Crippen LogP contribution < -0.4 is 10.1 Å². The number of carbonyl (C=O) groups is 3. The molecule has 16 nitrogen and oxygen atoms in total. The number of fused-ring (bicyclic) bond motifs is 14. The molecule has 60 heavy (non-hydrogen) atoms. The van der Waals surface area contributed by atoms with E-state index in [1.54, 1.807) is 46.8 Å². The average molecular weight is 837 g/mol. The third-order valence-electron chi connectivity index (χ3n) is 11.6. The molecule has 0 unspecified atom stereocenters. The van der Waals surface area contributed by atoms with Crippen molar-refractivity contribution in [1.82, 2.24) is 4.90 Å². The fourth-order valence-corrected chi connectivity index (χ4v) is 7.79. The van der Waals surface area contributed by atoms with Crippen LogP contribution in [0.5, 0.6) is 23.0 Å². The maximum absolute atomic E-state index is 14.4. The summed E-state index contributed by atoms with van der Waals surface area (Å²) in [6.45, 7) is 19.4. The van der Waals surface area contributed by atoms with E-state index in [0.717, 1.165) is 6.21 Å². The molecule has 6 N–H and O–H groups in total. The minimum Gasteiger partial charge on any atom is -0.507 e. The topological polar surface area (TPSA) is 229 Å². The Balaban J connectivity index is 2.00. The van der Waals surface area contributed by atoms with Gasteiger partial charge in [-0.3, -0.25) is 14.4 Å². The molecule has 9 atom stereocenters. The molecule has 16 heteroatoms. The number of hydrogen-bond acceptors (Lipinski definition) is 14. The van der Waals surface area contributed by atoms with Crippen LogP contribution in [0, 0.1) is 30.6 Å². The lowest BCUT2D eigenvalue weighted by Crippen LogP contribution is -2.46. The van der Waals surface area contributed by atoms with E-state index in [9.17, 15) is 39.9 Å². The standard InChI is InChI=1S/C44H60N4O12/c1-13-48(14-2)27(9)47-45-20-29-34-39(54)32-31(38(29)53)33-41(26(8)37(32)52)60-44(11,42(33)55)58-19-18-30(57-12)23(5)40(59-28(10)49)25(7)36(51)24(6)35(50)21(3)16-15-17-22(4)43(56)46-34/h15-21,23-25,30,35-36,40,50-54H,13-14H2,1-12H3,(H,46,56)/b16-15+,19-18+,22-17-,45-20-,47-27+/t21-,23-,24+,25-,30-,35-,36+,40+,44-/m0/s1. The lowest BCUT2D eigenvalue weighted by molar-refractivity contribution is -0.160. The lowest BCUT2D eigenvalue weighted by atomic mass is 9.78. The number of ether oxygens (including phenoxy) is 4. The molecule has 3 aliphatic rings. The summed E-state index contributed by atoms with van der Waals surface area (Å²) >= 11 is 0. The van der Waals surface area contributed by atoms with Crippen molar-refractivity contribution in [2.75, 3.05) is 25.5 Å². The first-order valence-corrected chi connectivity index (χ1v) is 20.1. The SMILES string of the molecule is CCN(CC)/C(C)=N/N=C\c1c2c(O)c3c(O)c(C)c4c(c3c1O)C(=O)[C@@](C)(O/C=C/[C@H](OC)[C@H](C)[C@@H](OC(C)=O)[C@@H](C)[C@H](O)[C@H](C)[C@@H](O)[C@@H](C)/C=C/C=C(/C)C(=O)N2)O4. The van der Waals surface area contributed by atoms with E-state index in [4.69, 9.17) is 18.9 Å². The number of Topliss-reactive ketones (excluding diaryl/α,β-unsaturated/α-hetero) is 1. The molecule has 0 fully saturated rings. The second-order valence-electron chi connectivity index (χ2n) is 15.7. The predicted octanol–water partition coefficient (Wildman–Crippen LogP) is 5.85. The predicted molar refractivity (Wildman–Crippen MR) is 227 cm³/mol. The van der Waals surface area contributed by atoms with Crippen molar-refractivity contribution >= 4 is 46.2 Å². The molecule has 328 valence electrons. The van der Waals surface area contributed by atoms with Crippen LogP contribution in [0.3, 0.4) is 0 Å². The quantitative estimate of drug-likeness (QED) is 0.0502. The van der Waals surface area contributed by atoms with Gasteiger partial charge in [-0.1, -0.05) is 45.9 Å². The number of aromatic hydroxyl groups is 3. The molecular weight excluding hydrogens is 776 g/mol. The molecular formula is C44H60N4O12. The molecule has 0 saturated carbocycles. The Labute approximate surface area is 350 Å². The first kappa shape index (κ1) is 47.2. The lowest BCUT2D eigenvalue weighted by Gasteiger charge is -2.38. The minimum absolute atomic E-state index is 0.0347. The number of ketones is 1. The van der Waals surface area contributed by atoms with Crippen molar-refractivity contribution in [3.05, 3.63) is 52.8 Å². The average Bonchev–Trinajstić information content (AvgIpc) is 3.47. The Hall–Kier alpha value is -5.45. The van der Waals surface area contributed by atoms with Crippen molar-refractivity contribution in [3.63, 3.8) is 0 Å². The number of nitrogens with zero attached hydrogens (tertiary/aromatic N) is 3. The number of rotatable bonds is 6. The van der Waals surface area contributed by atoms with E-state index in [2.05, 4.69) is 15.5 Å². The molecule has 0 spiro atoms. The Kier molecular flexibility index (Phi) is 15.2. The zero-order valence-corrected chi connectivity index (χ0v) is 36.4. The van der Waals surface area contributed by atoms with Crippen LogP contribution in [0.4, 0.5) is 5.69 Å². The Morgan fingerprint density at radius 2 is 1.60 bits per heavy atom. The second kappa shape index (κ2) is 19.3. The summed E-state index contributed by atoms with van der Waals surface area (Å²) in [5.41, 5.74) is -0.591. The van der Waals surface area contributed by atoms with Gasteiger partial charge >= 0.3 is 11.8 Å². The Morgan fingerprint density at radius 3 is 2.20 bits per heavy atom. The van der Waals surface area contributed by atoms with Gasteiger partial charge in [-0.2, -0.15) is 5.10 Å². The van der Waals surface area contributed by atoms with Crippen LogP contribution in [0.1, 0.15) is 90.7 Å². The number of methoxy groups -OCH3 is 1. The maximum Gasteiger partial charge on any atom is 0.312 e. The Bertz CT molecular complexity index is 2120. The molecule has 0 aromatic heterocycles. The van der Waals surface area contributed by atoms with E-state index in [1.807, 2.05) is 18.7 Å². The highest BCUT2D eigenvalue weighted by atomic mass is 16.7. The number of aliphatic hydroxyl groups is 2. The first-order valence-electron chi connectivity index (χ1n) is 20.1. The van der Waals surface area contributed by atoms with E-state index >= 15 is 0 Å². The summed E-state index contributed by atoms with van der Waals surface area (Å²) in [4.78, 5) is 42.4. The fourth-order valence-electron chi connectivity index (χ4n) is 7.79. The van der Waals surface area contributed by atoms with Crippen LogP contribution in [0.15, 0.2) is 46.3 Å². The maximum atomic E-state index is 14.4. The van der Waals surface area contributed by atoms with E-state index in [0.29, 0.717) is 18.9 Å². The molecule has 0 aliphatic carbocycles. The normalized spacial score (nSPS) is 30.1. The highest BCUT2D eigenvalue weighted by Gasteiger charge is 2.50. The van der Waals surface area contributed by atoms with Gasteiger partial charge in [0.05, 0.1) is 53.0 Å². The number of benzene rings is 2. The molecule has 5 bridgehead atoms. The van der Waals surface area contributed by atoms with Gasteiger partial charge in [0.25, 0.3) is 11.7 Å². The number of phenols is 3. The van der Waals surface area contributed by atoms with E-state index in [-0.39, 0.29) is 44.5 Å². The van der Waals surface area contributed by atoms with Crippen LogP contribution in [0.25, 0.3) is 10.8 Å². The Morgan fingerprint density at radius 1 is 0.950 bits per heavy atom. The number of anilines is 1. The first-order chi connectivity index (χ1) is 28.2. The smallest absolute Gasteiger partial charge is 0.312 e. The number of amidine groups is 1. The number of carbonyl (C=O) groups excluding carboxylic acids is 3. The van der Waals surface area contributed by atoms with E-state index in [1.165, 1.54) is 53.2 Å². The number of aliphatic hydroxyl groups excluding tert-OH is 2. The summed E-state index contributed by atoms with van der Waals surface area (Å²) in [5.74, 6) is -8.09. The zero-order chi connectivity index (χ0) is 45.0. The van der Waals surface area contributed by atoms with Crippen molar-refractivity contribution in [2.45, 2.75) is 106 Å². The van der Waals surface area contributed by atoms with Gasteiger partial charge in [-0.25, -0.2) is 0 Å². The molecule has 0 radical (unpaired) electrons. The molecule has 1 amide bonds. The summed E-state index contributed by atoms with van der Waals surface area (Å²) < 4.78 is 23.6. The fraction of sp³-hybridized carbons (Fsp3) is 0.523. The largest absolute Gasteiger partial charge is 0.507 e. The second-order valence-corrected chi connectivity index (χ2v) is 15.7. The van der Waals surface area contributed by atoms with Crippen LogP contribution in [-0.4, -0.2) is 111 Å². The van der Waals surface area contributed by atoms with Gasteiger partial charge < -0.3 is 54.7 Å². The molecule has 3 aliphatic heterocycles. The molecule has 2 aromatic rings. The number of esters is 1. The van der Waals surface area contributed by atoms with Crippen molar-refractivity contribution in [3.8, 4) is 23.0 Å². The zero-order valence-electron chi connectivity index (χ0n) is 36.4. The number of hydrogen-bond donors (Lipinski definition) is 6. The molecule has 5 rings (SSSR count). The van der Waals surface area contributed by atoms with Gasteiger partial charge in [0.15, 0.2) is 5.75 Å². The minimum atomic E-state index is -2.07. The molecule has 0 saturated heterocycles. The highest BCUT2D eigenvalue weighted by molar-refractivity contribution is 6.23.